The Morgan fingerprint density at radius 1 is 0.865 bits per heavy atom. The summed E-state index contributed by atoms with van der Waals surface area (Å²) in [6, 6.07) is 6.65. The highest BCUT2D eigenvalue weighted by Gasteiger charge is 2.37. The van der Waals surface area contributed by atoms with Crippen LogP contribution in [0.25, 0.3) is 0 Å². The van der Waals surface area contributed by atoms with Crippen LogP contribution < -0.4 is 4.90 Å². The Hall–Kier alpha value is -3.54. The normalized spacial score (nSPS) is 17.2. The summed E-state index contributed by atoms with van der Waals surface area (Å²) in [6.07, 6.45) is -0.0407. The predicted octanol–water partition coefficient (Wildman–Crippen LogP) is 3.93. The molecule has 0 aliphatic carbocycles. The maximum Gasteiger partial charge on any atom is 0.417 e. The fourth-order valence-corrected chi connectivity index (χ4v) is 5.68. The van der Waals surface area contributed by atoms with Crippen molar-refractivity contribution in [2.75, 3.05) is 44.2 Å². The van der Waals surface area contributed by atoms with Gasteiger partial charge in [0.05, 0.1) is 16.1 Å². The lowest BCUT2D eigenvalue weighted by molar-refractivity contribution is -0.138. The Bertz CT molecular complexity index is 1250. The van der Waals surface area contributed by atoms with Gasteiger partial charge in [0.15, 0.2) is 0 Å². The molecule has 5 rings (SSSR count). The van der Waals surface area contributed by atoms with E-state index in [9.17, 15) is 22.8 Å². The molecule has 0 atom stereocenters. The molecule has 1 aromatic carbocycles. The molecule has 0 bridgehead atoms. The number of thiazole rings is 1. The van der Waals surface area contributed by atoms with Gasteiger partial charge in [-0.15, -0.1) is 11.3 Å². The van der Waals surface area contributed by atoms with Gasteiger partial charge in [-0.2, -0.15) is 13.2 Å². The minimum Gasteiger partial charge on any atom is -0.339 e. The average Bonchev–Trinajstić information content (AvgIpc) is 3.43. The van der Waals surface area contributed by atoms with E-state index >= 15 is 0 Å². The van der Waals surface area contributed by atoms with Crippen LogP contribution in [0.5, 0.6) is 0 Å². The van der Waals surface area contributed by atoms with Gasteiger partial charge in [-0.05, 0) is 31.0 Å². The number of carbonyl (C=O) groups is 2. The van der Waals surface area contributed by atoms with Crippen LogP contribution in [0.2, 0.25) is 0 Å². The van der Waals surface area contributed by atoms with Crippen molar-refractivity contribution >= 4 is 29.1 Å². The first kappa shape index (κ1) is 25.1. The monoisotopic (exact) mass is 530 g/mol. The Morgan fingerprint density at radius 3 is 2.19 bits per heavy atom. The van der Waals surface area contributed by atoms with Crippen LogP contribution in [-0.2, 0) is 6.18 Å². The van der Waals surface area contributed by atoms with Crippen molar-refractivity contribution in [1.29, 1.82) is 0 Å². The Labute approximate surface area is 215 Å². The number of likely N-dealkylation sites (tertiary alicyclic amines) is 1. The minimum atomic E-state index is -4.59. The zero-order valence-corrected chi connectivity index (χ0v) is 20.7. The van der Waals surface area contributed by atoms with E-state index in [-0.39, 0.29) is 17.4 Å². The van der Waals surface area contributed by atoms with Crippen LogP contribution in [0.1, 0.15) is 50.2 Å². The highest BCUT2D eigenvalue weighted by molar-refractivity contribution is 7.09. The molecule has 2 saturated heterocycles. The number of nitrogens with zero attached hydrogens (tertiary/aromatic N) is 6. The summed E-state index contributed by atoms with van der Waals surface area (Å²) in [6.45, 7) is 3.03. The van der Waals surface area contributed by atoms with E-state index in [0.717, 1.165) is 11.1 Å². The van der Waals surface area contributed by atoms with Crippen LogP contribution in [0.3, 0.4) is 0 Å². The summed E-state index contributed by atoms with van der Waals surface area (Å²) in [5, 5.41) is 2.59. The first-order chi connectivity index (χ1) is 17.8. The topological polar surface area (TPSA) is 82.5 Å². The van der Waals surface area contributed by atoms with Crippen molar-refractivity contribution in [1.82, 2.24) is 24.8 Å². The van der Waals surface area contributed by atoms with Gasteiger partial charge in [0.25, 0.3) is 11.8 Å². The summed E-state index contributed by atoms with van der Waals surface area (Å²) in [4.78, 5) is 44.3. The molecule has 0 radical (unpaired) electrons. The molecule has 2 aliphatic rings. The molecule has 8 nitrogen and oxygen atoms in total. The molecule has 194 valence electrons. The number of amides is 2. The highest BCUT2D eigenvalue weighted by atomic mass is 32.1. The van der Waals surface area contributed by atoms with E-state index in [0.29, 0.717) is 63.8 Å². The molecule has 3 aromatic rings. The molecule has 2 aliphatic heterocycles. The van der Waals surface area contributed by atoms with Gasteiger partial charge in [0.2, 0.25) is 5.95 Å². The third-order valence-corrected chi connectivity index (χ3v) is 7.74. The van der Waals surface area contributed by atoms with Crippen molar-refractivity contribution in [3.63, 3.8) is 0 Å². The lowest BCUT2D eigenvalue weighted by Crippen LogP contribution is -2.49. The highest BCUT2D eigenvalue weighted by Crippen LogP contribution is 2.34. The molecular formula is C25H25F3N6O2S. The fraction of sp³-hybridized carbons (Fsp3) is 0.400. The summed E-state index contributed by atoms with van der Waals surface area (Å²) >= 11 is 1.42. The zero-order valence-electron chi connectivity index (χ0n) is 19.9. The molecule has 0 spiro atoms. The third kappa shape index (κ3) is 5.43. The van der Waals surface area contributed by atoms with Gasteiger partial charge >= 0.3 is 6.18 Å². The SMILES string of the molecule is O=C(c1csc(C2CCN(C(=O)c3ccccc3C(F)(F)F)CC2)n1)N1CCN(c2ncccn2)CC1. The number of hydrogen-bond acceptors (Lipinski definition) is 7. The molecule has 2 aromatic heterocycles. The summed E-state index contributed by atoms with van der Waals surface area (Å²) < 4.78 is 40.0. The standard InChI is InChI=1S/C25H25F3N6O2S/c26-25(27,28)19-5-2-1-4-18(19)22(35)32-10-6-17(7-11-32)21-31-20(16-37-21)23(36)33-12-14-34(15-13-33)24-29-8-3-9-30-24/h1-5,8-9,16-17H,6-7,10-15H2. The third-order valence-electron chi connectivity index (χ3n) is 6.74. The van der Waals surface area contributed by atoms with Gasteiger partial charge in [0.1, 0.15) is 5.69 Å². The van der Waals surface area contributed by atoms with Gasteiger partial charge in [-0.1, -0.05) is 12.1 Å². The minimum absolute atomic E-state index is 0.0561. The number of piperazine rings is 1. The fourth-order valence-electron chi connectivity index (χ4n) is 4.72. The van der Waals surface area contributed by atoms with Gasteiger partial charge in [-0.25, -0.2) is 15.0 Å². The summed E-state index contributed by atoms with van der Waals surface area (Å²) in [5.74, 6) is -0.0216. The van der Waals surface area contributed by atoms with Crippen LogP contribution >= 0.6 is 11.3 Å². The molecule has 0 N–H and O–H groups in total. The number of halogens is 3. The number of aromatic nitrogens is 3. The van der Waals surface area contributed by atoms with E-state index in [2.05, 4.69) is 15.0 Å². The molecule has 2 amide bonds. The van der Waals surface area contributed by atoms with Crippen molar-refractivity contribution in [3.8, 4) is 0 Å². The van der Waals surface area contributed by atoms with Crippen molar-refractivity contribution in [2.24, 2.45) is 0 Å². The Morgan fingerprint density at radius 2 is 1.51 bits per heavy atom. The second-order valence-corrected chi connectivity index (χ2v) is 9.90. The first-order valence-corrected chi connectivity index (χ1v) is 12.9. The average molecular weight is 531 g/mol. The second-order valence-electron chi connectivity index (χ2n) is 9.01. The number of benzene rings is 1. The Kier molecular flexibility index (Phi) is 7.09. The second kappa shape index (κ2) is 10.4. The number of carbonyl (C=O) groups excluding carboxylic acids is 2. The molecule has 37 heavy (non-hydrogen) atoms. The first-order valence-electron chi connectivity index (χ1n) is 12.0. The predicted molar refractivity (Wildman–Crippen MR) is 132 cm³/mol. The largest absolute Gasteiger partial charge is 0.417 e. The Balaban J connectivity index is 1.17. The quantitative estimate of drug-likeness (QED) is 0.509. The van der Waals surface area contributed by atoms with E-state index in [1.807, 2.05) is 4.90 Å². The number of anilines is 1. The van der Waals surface area contributed by atoms with Crippen LogP contribution in [0.4, 0.5) is 19.1 Å². The number of rotatable bonds is 4. The van der Waals surface area contributed by atoms with E-state index in [1.54, 1.807) is 28.7 Å². The number of hydrogen-bond donors (Lipinski definition) is 0. The van der Waals surface area contributed by atoms with Gasteiger partial charge < -0.3 is 14.7 Å². The van der Waals surface area contributed by atoms with Crippen LogP contribution in [0.15, 0.2) is 48.1 Å². The molecule has 0 saturated carbocycles. The molecule has 4 heterocycles. The van der Waals surface area contributed by atoms with Crippen molar-refractivity contribution in [2.45, 2.75) is 24.9 Å². The molecular weight excluding hydrogens is 505 g/mol. The molecule has 0 unspecified atom stereocenters. The summed E-state index contributed by atoms with van der Waals surface area (Å²) in [5.41, 5.74) is -0.834. The van der Waals surface area contributed by atoms with Gasteiger partial charge in [0, 0.05) is 63.0 Å². The maximum atomic E-state index is 13.3. The van der Waals surface area contributed by atoms with Gasteiger partial charge in [-0.3, -0.25) is 9.59 Å². The van der Waals surface area contributed by atoms with Crippen LogP contribution in [0, 0.1) is 0 Å². The maximum absolute atomic E-state index is 13.3. The van der Waals surface area contributed by atoms with Crippen LogP contribution in [-0.4, -0.2) is 75.8 Å². The number of alkyl halides is 3. The van der Waals surface area contributed by atoms with E-state index in [1.165, 1.54) is 34.4 Å². The smallest absolute Gasteiger partial charge is 0.339 e. The van der Waals surface area contributed by atoms with E-state index < -0.39 is 17.6 Å². The van der Waals surface area contributed by atoms with Crippen molar-refractivity contribution < 1.29 is 22.8 Å². The lowest BCUT2D eigenvalue weighted by atomic mass is 9.96. The lowest BCUT2D eigenvalue weighted by Gasteiger charge is -2.34. The summed E-state index contributed by atoms with van der Waals surface area (Å²) in [7, 11) is 0. The van der Waals surface area contributed by atoms with E-state index in [4.69, 9.17) is 0 Å². The number of piperidine rings is 1. The zero-order chi connectivity index (χ0) is 26.0. The molecule has 12 heteroatoms. The molecule has 2 fully saturated rings. The van der Waals surface area contributed by atoms with Crippen molar-refractivity contribution in [3.05, 3.63) is 69.9 Å².